The molecule has 0 amide bonds. The van der Waals surface area contributed by atoms with E-state index < -0.39 is 0 Å². The number of halogens is 1. The zero-order valence-electron chi connectivity index (χ0n) is 14.1. The lowest BCUT2D eigenvalue weighted by atomic mass is 10.0. The highest BCUT2D eigenvalue weighted by Crippen LogP contribution is 2.35. The molecule has 4 aromatic rings. The lowest BCUT2D eigenvalue weighted by Gasteiger charge is -2.13. The van der Waals surface area contributed by atoms with E-state index in [1.54, 1.807) is 10.9 Å². The summed E-state index contributed by atoms with van der Waals surface area (Å²) in [6, 6.07) is 11.4. The SMILES string of the molecule is Nc1c(-n2cccn2)ccc2nc(Cl)nc(Cc3ccc4c(c3)OCO4)c12. The highest BCUT2D eigenvalue weighted by molar-refractivity contribution is 6.28. The highest BCUT2D eigenvalue weighted by atomic mass is 35.5. The Morgan fingerprint density at radius 2 is 2.00 bits per heavy atom. The van der Waals surface area contributed by atoms with E-state index in [1.807, 2.05) is 42.6 Å². The molecule has 8 heteroatoms. The molecule has 0 atom stereocenters. The first-order chi connectivity index (χ1) is 13.2. The molecule has 134 valence electrons. The standard InChI is InChI=1S/C19H14ClN5O2/c20-19-23-12-3-4-14(25-7-1-6-22-25)18(21)17(12)13(24-19)8-11-2-5-15-16(9-11)27-10-26-15/h1-7,9H,8,10,21H2. The number of aromatic nitrogens is 4. The summed E-state index contributed by atoms with van der Waals surface area (Å²) in [5.41, 5.74) is 10.3. The van der Waals surface area contributed by atoms with Gasteiger partial charge in [-0.25, -0.2) is 14.6 Å². The second-order valence-electron chi connectivity index (χ2n) is 6.15. The van der Waals surface area contributed by atoms with Crippen molar-refractivity contribution in [3.8, 4) is 17.2 Å². The maximum atomic E-state index is 6.48. The van der Waals surface area contributed by atoms with E-state index in [1.165, 1.54) is 0 Å². The average molecular weight is 380 g/mol. The Labute approximate surface area is 159 Å². The molecule has 0 unspecified atom stereocenters. The number of ether oxygens (including phenoxy) is 2. The van der Waals surface area contributed by atoms with Crippen LogP contribution < -0.4 is 15.2 Å². The molecule has 0 saturated carbocycles. The van der Waals surface area contributed by atoms with Gasteiger partial charge >= 0.3 is 0 Å². The van der Waals surface area contributed by atoms with E-state index in [2.05, 4.69) is 15.1 Å². The third-order valence-corrected chi connectivity index (χ3v) is 4.66. The van der Waals surface area contributed by atoms with Gasteiger partial charge in [0.1, 0.15) is 0 Å². The number of benzene rings is 2. The Morgan fingerprint density at radius 3 is 2.85 bits per heavy atom. The number of rotatable bonds is 3. The van der Waals surface area contributed by atoms with Crippen LogP contribution >= 0.6 is 11.6 Å². The molecule has 1 aliphatic rings. The molecule has 2 N–H and O–H groups in total. The van der Waals surface area contributed by atoms with E-state index in [9.17, 15) is 0 Å². The van der Waals surface area contributed by atoms with Crippen LogP contribution in [0.15, 0.2) is 48.8 Å². The van der Waals surface area contributed by atoms with E-state index in [4.69, 9.17) is 26.8 Å². The molecular formula is C19H14ClN5O2. The summed E-state index contributed by atoms with van der Waals surface area (Å²) in [6.07, 6.45) is 4.07. The van der Waals surface area contributed by atoms with Crippen molar-refractivity contribution in [2.45, 2.75) is 6.42 Å². The van der Waals surface area contributed by atoms with Gasteiger partial charge in [0.05, 0.1) is 22.6 Å². The molecule has 5 rings (SSSR count). The van der Waals surface area contributed by atoms with Crippen molar-refractivity contribution < 1.29 is 9.47 Å². The Morgan fingerprint density at radius 1 is 1.11 bits per heavy atom. The van der Waals surface area contributed by atoms with Crippen LogP contribution in [0.1, 0.15) is 11.3 Å². The van der Waals surface area contributed by atoms with Crippen molar-refractivity contribution in [3.05, 3.63) is 65.3 Å². The largest absolute Gasteiger partial charge is 0.454 e. The number of nitrogens with zero attached hydrogens (tertiary/aromatic N) is 4. The predicted octanol–water partition coefficient (Wildman–Crippen LogP) is 3.37. The summed E-state index contributed by atoms with van der Waals surface area (Å²) in [4.78, 5) is 8.77. The van der Waals surface area contributed by atoms with Gasteiger partial charge < -0.3 is 15.2 Å². The van der Waals surface area contributed by atoms with Crippen LogP contribution in [0.2, 0.25) is 5.28 Å². The Bertz CT molecular complexity index is 1160. The first-order valence-electron chi connectivity index (χ1n) is 8.32. The summed E-state index contributed by atoms with van der Waals surface area (Å²) in [5, 5.41) is 5.22. The Balaban J connectivity index is 1.65. The van der Waals surface area contributed by atoms with Crippen LogP contribution in [0.5, 0.6) is 11.5 Å². The third kappa shape index (κ3) is 2.72. The van der Waals surface area contributed by atoms with E-state index >= 15 is 0 Å². The molecule has 0 bridgehead atoms. The Hall–Kier alpha value is -3.32. The summed E-state index contributed by atoms with van der Waals surface area (Å²) in [5.74, 6) is 1.46. The monoisotopic (exact) mass is 379 g/mol. The summed E-state index contributed by atoms with van der Waals surface area (Å²) >= 11 is 6.15. The lowest BCUT2D eigenvalue weighted by molar-refractivity contribution is 0.174. The number of fused-ring (bicyclic) bond motifs is 2. The minimum absolute atomic E-state index is 0.185. The quantitative estimate of drug-likeness (QED) is 0.433. The van der Waals surface area contributed by atoms with Gasteiger partial charge in [-0.05, 0) is 47.5 Å². The molecule has 7 nitrogen and oxygen atoms in total. The number of anilines is 1. The van der Waals surface area contributed by atoms with E-state index in [0.29, 0.717) is 17.6 Å². The van der Waals surface area contributed by atoms with Crippen LogP contribution in [-0.2, 0) is 6.42 Å². The maximum Gasteiger partial charge on any atom is 0.231 e. The highest BCUT2D eigenvalue weighted by Gasteiger charge is 2.17. The molecular weight excluding hydrogens is 366 g/mol. The van der Waals surface area contributed by atoms with Crippen molar-refractivity contribution in [2.24, 2.45) is 0 Å². The third-order valence-electron chi connectivity index (χ3n) is 4.49. The molecule has 1 aliphatic heterocycles. The van der Waals surface area contributed by atoms with Gasteiger partial charge in [-0.15, -0.1) is 0 Å². The number of nitrogen functional groups attached to an aromatic ring is 1. The van der Waals surface area contributed by atoms with Crippen molar-refractivity contribution in [1.82, 2.24) is 19.7 Å². The van der Waals surface area contributed by atoms with E-state index in [-0.39, 0.29) is 12.1 Å². The van der Waals surface area contributed by atoms with Gasteiger partial charge in [-0.1, -0.05) is 6.07 Å². The fourth-order valence-corrected chi connectivity index (χ4v) is 3.46. The first-order valence-corrected chi connectivity index (χ1v) is 8.70. The number of nitrogens with two attached hydrogens (primary N) is 1. The molecule has 3 heterocycles. The summed E-state index contributed by atoms with van der Waals surface area (Å²) in [6.45, 7) is 0.237. The zero-order valence-corrected chi connectivity index (χ0v) is 14.8. The zero-order chi connectivity index (χ0) is 18.4. The molecule has 0 spiro atoms. The van der Waals surface area contributed by atoms with Gasteiger partial charge in [0.25, 0.3) is 0 Å². The maximum absolute atomic E-state index is 6.48. The topological polar surface area (TPSA) is 88.1 Å². The molecule has 0 saturated heterocycles. The Kier molecular flexibility index (Phi) is 3.61. The van der Waals surface area contributed by atoms with Crippen LogP contribution in [0, 0.1) is 0 Å². The summed E-state index contributed by atoms with van der Waals surface area (Å²) < 4.78 is 12.5. The smallest absolute Gasteiger partial charge is 0.231 e. The number of hydrogen-bond donors (Lipinski definition) is 1. The normalized spacial score (nSPS) is 12.6. The number of hydrogen-bond acceptors (Lipinski definition) is 6. The van der Waals surface area contributed by atoms with E-state index in [0.717, 1.165) is 33.8 Å². The van der Waals surface area contributed by atoms with Crippen molar-refractivity contribution >= 4 is 28.2 Å². The van der Waals surface area contributed by atoms with Crippen LogP contribution in [0.25, 0.3) is 16.6 Å². The second kappa shape index (κ2) is 6.14. The van der Waals surface area contributed by atoms with Crippen molar-refractivity contribution in [3.63, 3.8) is 0 Å². The van der Waals surface area contributed by atoms with Crippen LogP contribution in [0.4, 0.5) is 5.69 Å². The van der Waals surface area contributed by atoms with Gasteiger partial charge in [0.2, 0.25) is 12.1 Å². The van der Waals surface area contributed by atoms with Gasteiger partial charge in [0, 0.05) is 24.2 Å². The van der Waals surface area contributed by atoms with Gasteiger partial charge in [-0.3, -0.25) is 0 Å². The molecule has 2 aromatic heterocycles. The van der Waals surface area contributed by atoms with Crippen LogP contribution in [-0.4, -0.2) is 26.5 Å². The van der Waals surface area contributed by atoms with Gasteiger partial charge in [0.15, 0.2) is 11.5 Å². The first kappa shape index (κ1) is 15.9. The predicted molar refractivity (Wildman–Crippen MR) is 101 cm³/mol. The molecule has 27 heavy (non-hydrogen) atoms. The fraction of sp³-hybridized carbons (Fsp3) is 0.105. The van der Waals surface area contributed by atoms with Crippen LogP contribution in [0.3, 0.4) is 0 Å². The minimum atomic E-state index is 0.185. The molecule has 0 radical (unpaired) electrons. The minimum Gasteiger partial charge on any atom is -0.454 e. The summed E-state index contributed by atoms with van der Waals surface area (Å²) in [7, 11) is 0. The van der Waals surface area contributed by atoms with Crippen molar-refractivity contribution in [1.29, 1.82) is 0 Å². The van der Waals surface area contributed by atoms with Gasteiger partial charge in [-0.2, -0.15) is 5.10 Å². The average Bonchev–Trinajstić information content (AvgIpc) is 3.33. The van der Waals surface area contributed by atoms with Crippen molar-refractivity contribution in [2.75, 3.05) is 12.5 Å². The second-order valence-corrected chi connectivity index (χ2v) is 6.48. The fourth-order valence-electron chi connectivity index (χ4n) is 3.27. The molecule has 2 aromatic carbocycles. The lowest BCUT2D eigenvalue weighted by Crippen LogP contribution is -2.05. The molecule has 0 aliphatic carbocycles. The molecule has 0 fully saturated rings.